The Morgan fingerprint density at radius 2 is 1.88 bits per heavy atom. The van der Waals surface area contributed by atoms with Gasteiger partial charge in [-0.1, -0.05) is 28.1 Å². The largest absolute Gasteiger partial charge is 0.477 e. The molecule has 0 aliphatic carbocycles. The Bertz CT molecular complexity index is 569. The van der Waals surface area contributed by atoms with E-state index in [1.807, 2.05) is 12.1 Å². The fraction of sp³-hybridized carbons (Fsp3) is 0. The molecule has 0 fully saturated rings. The van der Waals surface area contributed by atoms with Gasteiger partial charge in [0.25, 0.3) is 0 Å². The van der Waals surface area contributed by atoms with E-state index in [4.69, 9.17) is 10.8 Å². The van der Waals surface area contributed by atoms with Crippen molar-refractivity contribution in [2.45, 2.75) is 0 Å². The van der Waals surface area contributed by atoms with E-state index in [0.717, 1.165) is 4.47 Å². The molecule has 3 N–H and O–H groups in total. The Hall–Kier alpha value is -1.95. The zero-order valence-corrected chi connectivity index (χ0v) is 10.2. The van der Waals surface area contributed by atoms with Gasteiger partial charge in [0.2, 0.25) is 0 Å². The average Bonchev–Trinajstić information content (AvgIpc) is 2.29. The number of hydrogen-bond acceptors (Lipinski definition) is 4. The molecule has 0 amide bonds. The molecule has 1 aromatic carbocycles. The second kappa shape index (κ2) is 4.50. The molecular weight excluding hydrogens is 286 g/mol. The van der Waals surface area contributed by atoms with E-state index in [9.17, 15) is 4.79 Å². The van der Waals surface area contributed by atoms with E-state index in [1.165, 1.54) is 6.07 Å². The Labute approximate surface area is 105 Å². The van der Waals surface area contributed by atoms with Crippen LogP contribution in [-0.4, -0.2) is 21.0 Å². The lowest BCUT2D eigenvalue weighted by atomic mass is 10.2. The quantitative estimate of drug-likeness (QED) is 0.886. The van der Waals surface area contributed by atoms with Crippen molar-refractivity contribution in [3.8, 4) is 11.4 Å². The summed E-state index contributed by atoms with van der Waals surface area (Å²) in [4.78, 5) is 18.8. The summed E-state index contributed by atoms with van der Waals surface area (Å²) in [6.45, 7) is 0. The number of benzene rings is 1. The standard InChI is InChI=1S/C11H8BrN3O2/c12-7-3-1-6(2-4-7)10-14-8(11(16)17)5-9(13)15-10/h1-5H,(H,16,17)(H2,13,14,15). The number of nitrogens with zero attached hydrogens (tertiary/aromatic N) is 2. The van der Waals surface area contributed by atoms with Crippen molar-refractivity contribution in [2.24, 2.45) is 0 Å². The summed E-state index contributed by atoms with van der Waals surface area (Å²) >= 11 is 3.31. The predicted molar refractivity (Wildman–Crippen MR) is 66.5 cm³/mol. The van der Waals surface area contributed by atoms with E-state index < -0.39 is 5.97 Å². The number of halogens is 1. The van der Waals surface area contributed by atoms with Crippen LogP contribution >= 0.6 is 15.9 Å². The Morgan fingerprint density at radius 3 is 2.47 bits per heavy atom. The van der Waals surface area contributed by atoms with Crippen LogP contribution in [0.15, 0.2) is 34.8 Å². The average molecular weight is 294 g/mol. The van der Waals surface area contributed by atoms with Gasteiger partial charge in [0.05, 0.1) is 0 Å². The molecule has 0 spiro atoms. The number of carboxylic acid groups (broad SMARTS) is 1. The molecule has 0 aliphatic rings. The maximum atomic E-state index is 10.8. The molecule has 86 valence electrons. The van der Waals surface area contributed by atoms with E-state index in [0.29, 0.717) is 11.4 Å². The summed E-state index contributed by atoms with van der Waals surface area (Å²) in [6, 6.07) is 8.43. The van der Waals surface area contributed by atoms with Crippen molar-refractivity contribution in [1.82, 2.24) is 9.97 Å². The molecule has 2 aromatic rings. The number of carbonyl (C=O) groups is 1. The molecule has 1 aromatic heterocycles. The van der Waals surface area contributed by atoms with Crippen molar-refractivity contribution in [1.29, 1.82) is 0 Å². The Kier molecular flexibility index (Phi) is 3.06. The third kappa shape index (κ3) is 2.59. The summed E-state index contributed by atoms with van der Waals surface area (Å²) < 4.78 is 0.920. The highest BCUT2D eigenvalue weighted by atomic mass is 79.9. The lowest BCUT2D eigenvalue weighted by Crippen LogP contribution is -2.05. The van der Waals surface area contributed by atoms with E-state index in [2.05, 4.69) is 25.9 Å². The molecular formula is C11H8BrN3O2. The molecule has 5 nitrogen and oxygen atoms in total. The second-order valence-electron chi connectivity index (χ2n) is 3.31. The number of anilines is 1. The fourth-order valence-corrected chi connectivity index (χ4v) is 1.57. The molecule has 0 unspecified atom stereocenters. The number of carboxylic acids is 1. The fourth-order valence-electron chi connectivity index (χ4n) is 1.30. The lowest BCUT2D eigenvalue weighted by molar-refractivity contribution is 0.0690. The van der Waals surface area contributed by atoms with Crippen LogP contribution in [0.5, 0.6) is 0 Å². The third-order valence-corrected chi connectivity index (χ3v) is 2.60. The summed E-state index contributed by atoms with van der Waals surface area (Å²) in [5.41, 5.74) is 6.14. The number of aromatic carboxylic acids is 1. The van der Waals surface area contributed by atoms with Crippen molar-refractivity contribution in [2.75, 3.05) is 5.73 Å². The molecule has 1 heterocycles. The summed E-state index contributed by atoms with van der Waals surface area (Å²) in [7, 11) is 0. The predicted octanol–water partition coefficient (Wildman–Crippen LogP) is 2.19. The Balaban J connectivity index is 2.51. The molecule has 17 heavy (non-hydrogen) atoms. The minimum absolute atomic E-state index is 0.115. The van der Waals surface area contributed by atoms with Gasteiger partial charge in [-0.05, 0) is 12.1 Å². The van der Waals surface area contributed by atoms with Crippen LogP contribution in [0.25, 0.3) is 11.4 Å². The van der Waals surface area contributed by atoms with Gasteiger partial charge >= 0.3 is 5.97 Å². The number of nitrogens with two attached hydrogens (primary N) is 1. The van der Waals surface area contributed by atoms with Crippen molar-refractivity contribution in [3.05, 3.63) is 40.5 Å². The monoisotopic (exact) mass is 293 g/mol. The summed E-state index contributed by atoms with van der Waals surface area (Å²) in [5, 5.41) is 8.87. The molecule has 0 saturated carbocycles. The highest BCUT2D eigenvalue weighted by Gasteiger charge is 2.10. The van der Waals surface area contributed by atoms with Crippen molar-refractivity contribution >= 4 is 27.7 Å². The minimum atomic E-state index is -1.13. The first-order valence-electron chi connectivity index (χ1n) is 4.70. The van der Waals surface area contributed by atoms with E-state index in [1.54, 1.807) is 12.1 Å². The van der Waals surface area contributed by atoms with Crippen LogP contribution in [0.1, 0.15) is 10.5 Å². The second-order valence-corrected chi connectivity index (χ2v) is 4.23. The summed E-state index contributed by atoms with van der Waals surface area (Å²) in [5.74, 6) is -0.692. The number of hydrogen-bond donors (Lipinski definition) is 2. The van der Waals surface area contributed by atoms with Crippen molar-refractivity contribution in [3.63, 3.8) is 0 Å². The highest BCUT2D eigenvalue weighted by Crippen LogP contribution is 2.19. The SMILES string of the molecule is Nc1cc(C(=O)O)nc(-c2ccc(Br)cc2)n1. The molecule has 0 radical (unpaired) electrons. The van der Waals surface area contributed by atoms with Crippen LogP contribution in [0.3, 0.4) is 0 Å². The van der Waals surface area contributed by atoms with Gasteiger partial charge in [0.1, 0.15) is 5.82 Å². The maximum Gasteiger partial charge on any atom is 0.354 e. The summed E-state index contributed by atoms with van der Waals surface area (Å²) in [6.07, 6.45) is 0. The third-order valence-electron chi connectivity index (χ3n) is 2.07. The zero-order chi connectivity index (χ0) is 12.4. The van der Waals surface area contributed by atoms with Gasteiger partial charge in [-0.3, -0.25) is 0 Å². The van der Waals surface area contributed by atoms with Crippen LogP contribution < -0.4 is 5.73 Å². The maximum absolute atomic E-state index is 10.8. The van der Waals surface area contributed by atoms with Gasteiger partial charge in [0, 0.05) is 16.1 Å². The first-order chi connectivity index (χ1) is 8.06. The molecule has 0 bridgehead atoms. The first-order valence-corrected chi connectivity index (χ1v) is 5.49. The smallest absolute Gasteiger partial charge is 0.354 e. The van der Waals surface area contributed by atoms with Crippen molar-refractivity contribution < 1.29 is 9.90 Å². The number of rotatable bonds is 2. The number of aromatic nitrogens is 2. The van der Waals surface area contributed by atoms with E-state index >= 15 is 0 Å². The van der Waals surface area contributed by atoms with Crippen LogP contribution in [-0.2, 0) is 0 Å². The molecule has 0 aliphatic heterocycles. The van der Waals surface area contributed by atoms with Crippen LogP contribution in [0, 0.1) is 0 Å². The lowest BCUT2D eigenvalue weighted by Gasteiger charge is -2.03. The molecule has 0 saturated heterocycles. The minimum Gasteiger partial charge on any atom is -0.477 e. The normalized spacial score (nSPS) is 10.2. The van der Waals surface area contributed by atoms with Gasteiger partial charge in [-0.25, -0.2) is 14.8 Å². The highest BCUT2D eigenvalue weighted by molar-refractivity contribution is 9.10. The topological polar surface area (TPSA) is 89.1 Å². The number of nitrogen functional groups attached to an aromatic ring is 1. The molecule has 6 heteroatoms. The first kappa shape index (κ1) is 11.5. The van der Waals surface area contributed by atoms with Gasteiger partial charge in [-0.2, -0.15) is 0 Å². The molecule has 0 atom stereocenters. The zero-order valence-electron chi connectivity index (χ0n) is 8.59. The van der Waals surface area contributed by atoms with Gasteiger partial charge in [0.15, 0.2) is 11.5 Å². The van der Waals surface area contributed by atoms with Gasteiger partial charge < -0.3 is 10.8 Å². The van der Waals surface area contributed by atoms with Crippen LogP contribution in [0.2, 0.25) is 0 Å². The Morgan fingerprint density at radius 1 is 1.24 bits per heavy atom. The van der Waals surface area contributed by atoms with E-state index in [-0.39, 0.29) is 11.5 Å². The molecule has 2 rings (SSSR count). The van der Waals surface area contributed by atoms with Gasteiger partial charge in [-0.15, -0.1) is 0 Å². The van der Waals surface area contributed by atoms with Crippen LogP contribution in [0.4, 0.5) is 5.82 Å².